The number of amides is 1. The Morgan fingerprint density at radius 3 is 1.21 bits per heavy atom. The van der Waals surface area contributed by atoms with Gasteiger partial charge in [-0.05, 0) is 0 Å². The number of aliphatic hydroxyl groups is 3. The van der Waals surface area contributed by atoms with Crippen molar-refractivity contribution in [2.75, 3.05) is 13.2 Å². The second kappa shape index (κ2) is 14.0. The molecule has 8 N–H and O–H groups in total. The Balaban J connectivity index is -0.000000135. The lowest BCUT2D eigenvalue weighted by Gasteiger charge is -1.96. The summed E-state index contributed by atoms with van der Waals surface area (Å²) in [6, 6.07) is 0. The van der Waals surface area contributed by atoms with Crippen molar-refractivity contribution >= 4 is 12.2 Å². The molecular weight excluding hydrogens is 202 g/mol. The fourth-order valence-corrected chi connectivity index (χ4v) is 0.0577. The molecule has 9 heteroatoms. The minimum absolute atomic E-state index is 0.365. The average Bonchev–Trinajstić information content (AvgIpc) is 2.01. The van der Waals surface area contributed by atoms with Gasteiger partial charge in [0, 0.05) is 0 Å². The molecule has 9 nitrogen and oxygen atoms in total. The summed E-state index contributed by atoms with van der Waals surface area (Å²) in [7, 11) is 0. The molecule has 0 spiro atoms. The summed E-state index contributed by atoms with van der Waals surface area (Å²) >= 11 is 0. The topological polar surface area (TPSA) is 182 Å². The van der Waals surface area contributed by atoms with Gasteiger partial charge in [-0.3, -0.25) is 0 Å². The van der Waals surface area contributed by atoms with Crippen molar-refractivity contribution in [3.63, 3.8) is 0 Å². The minimum atomic E-state index is -1.83. The second-order valence-electron chi connectivity index (χ2n) is 1.64. The smallest absolute Gasteiger partial charge is 0.465 e. The lowest BCUT2D eigenvalue weighted by atomic mass is 10.4. The van der Waals surface area contributed by atoms with Gasteiger partial charge in [-0.15, -0.1) is 0 Å². The number of carboxylic acid groups (broad SMARTS) is 3. The van der Waals surface area contributed by atoms with E-state index in [-0.39, 0.29) is 13.2 Å². The highest BCUT2D eigenvalue weighted by molar-refractivity contribution is 5.61. The Hall–Kier alpha value is -1.58. The van der Waals surface area contributed by atoms with Crippen molar-refractivity contribution in [3.05, 3.63) is 0 Å². The number of rotatable bonds is 2. The Labute approximate surface area is 78.6 Å². The molecule has 0 aliphatic heterocycles. The van der Waals surface area contributed by atoms with Crippen LogP contribution < -0.4 is 5.73 Å². The first-order chi connectivity index (χ1) is 6.27. The molecule has 0 bridgehead atoms. The van der Waals surface area contributed by atoms with Crippen LogP contribution >= 0.6 is 0 Å². The molecule has 0 saturated heterocycles. The Morgan fingerprint density at radius 2 is 1.21 bits per heavy atom. The Kier molecular flexibility index (Phi) is 18.2. The van der Waals surface area contributed by atoms with Crippen molar-refractivity contribution in [3.8, 4) is 0 Å². The first-order valence-corrected chi connectivity index (χ1v) is 3.07. The quantitative estimate of drug-likeness (QED) is 0.281. The van der Waals surface area contributed by atoms with Crippen LogP contribution in [0.15, 0.2) is 0 Å². The maximum absolute atomic E-state index is 8.78. The number of aliphatic hydroxyl groups excluding tert-OH is 3. The molecule has 14 heavy (non-hydrogen) atoms. The SMILES string of the molecule is NC(=O)O.O=C(O)O.OCC(O)CO. The number of primary amides is 1. The van der Waals surface area contributed by atoms with Gasteiger partial charge in [0.05, 0.1) is 13.2 Å². The van der Waals surface area contributed by atoms with E-state index in [4.69, 9.17) is 40.2 Å². The lowest BCUT2D eigenvalue weighted by Crippen LogP contribution is -2.15. The monoisotopic (exact) mass is 215 g/mol. The highest BCUT2D eigenvalue weighted by atomic mass is 16.6. The zero-order valence-corrected chi connectivity index (χ0v) is 7.07. The average molecular weight is 215 g/mol. The van der Waals surface area contributed by atoms with Crippen LogP contribution in [-0.4, -0.2) is 62.2 Å². The predicted octanol–water partition coefficient (Wildman–Crippen LogP) is -1.82. The maximum atomic E-state index is 8.78. The van der Waals surface area contributed by atoms with E-state index >= 15 is 0 Å². The largest absolute Gasteiger partial charge is 0.503 e. The molecule has 0 rings (SSSR count). The highest BCUT2D eigenvalue weighted by Gasteiger charge is 1.93. The Bertz CT molecular complexity index is 125. The van der Waals surface area contributed by atoms with Crippen molar-refractivity contribution in [2.24, 2.45) is 5.73 Å². The third kappa shape index (κ3) is 158. The van der Waals surface area contributed by atoms with E-state index in [1.54, 1.807) is 0 Å². The summed E-state index contributed by atoms with van der Waals surface area (Å²) in [5, 5.41) is 45.2. The molecule has 0 aliphatic carbocycles. The molecule has 0 unspecified atom stereocenters. The predicted molar refractivity (Wildman–Crippen MR) is 43.0 cm³/mol. The van der Waals surface area contributed by atoms with Gasteiger partial charge in [0.25, 0.3) is 0 Å². The molecule has 0 saturated carbocycles. The third-order valence-corrected chi connectivity index (χ3v) is 0.421. The van der Waals surface area contributed by atoms with Crippen LogP contribution in [0.1, 0.15) is 0 Å². The first-order valence-electron chi connectivity index (χ1n) is 3.07. The fourth-order valence-electron chi connectivity index (χ4n) is 0.0577. The number of nitrogens with two attached hydrogens (primary N) is 1. The van der Waals surface area contributed by atoms with Gasteiger partial charge in [-0.1, -0.05) is 0 Å². The number of hydrogen-bond donors (Lipinski definition) is 7. The summed E-state index contributed by atoms with van der Waals surface area (Å²) < 4.78 is 0. The molecule has 0 aliphatic rings. The zero-order valence-electron chi connectivity index (χ0n) is 7.07. The van der Waals surface area contributed by atoms with E-state index in [0.29, 0.717) is 0 Å². The summed E-state index contributed by atoms with van der Waals surface area (Å²) in [5.41, 5.74) is 4.03. The summed E-state index contributed by atoms with van der Waals surface area (Å²) in [5.74, 6) is 0. The van der Waals surface area contributed by atoms with Crippen molar-refractivity contribution in [1.29, 1.82) is 0 Å². The molecule has 0 heterocycles. The second-order valence-corrected chi connectivity index (χ2v) is 1.64. The highest BCUT2D eigenvalue weighted by Crippen LogP contribution is 1.71. The van der Waals surface area contributed by atoms with Crippen molar-refractivity contribution in [2.45, 2.75) is 6.10 Å². The van der Waals surface area contributed by atoms with Gasteiger partial charge in [0.1, 0.15) is 6.10 Å². The van der Waals surface area contributed by atoms with Crippen LogP contribution in [-0.2, 0) is 0 Å². The minimum Gasteiger partial charge on any atom is -0.465 e. The Morgan fingerprint density at radius 1 is 1.07 bits per heavy atom. The van der Waals surface area contributed by atoms with Crippen LogP contribution in [0.25, 0.3) is 0 Å². The van der Waals surface area contributed by atoms with E-state index in [1.165, 1.54) is 0 Å². The van der Waals surface area contributed by atoms with E-state index in [9.17, 15) is 0 Å². The van der Waals surface area contributed by atoms with Crippen LogP contribution in [0.4, 0.5) is 9.59 Å². The molecule has 0 atom stereocenters. The van der Waals surface area contributed by atoms with Gasteiger partial charge in [0.2, 0.25) is 0 Å². The van der Waals surface area contributed by atoms with Crippen LogP contribution in [0.3, 0.4) is 0 Å². The molecule has 1 amide bonds. The molecule has 0 fully saturated rings. The van der Waals surface area contributed by atoms with Gasteiger partial charge < -0.3 is 36.4 Å². The summed E-state index contributed by atoms with van der Waals surface area (Å²) in [4.78, 5) is 17.3. The van der Waals surface area contributed by atoms with Gasteiger partial charge in [-0.25, -0.2) is 9.59 Å². The van der Waals surface area contributed by atoms with Crippen LogP contribution in [0, 0.1) is 0 Å². The third-order valence-electron chi connectivity index (χ3n) is 0.421. The number of carbonyl (C=O) groups is 2. The standard InChI is InChI=1S/C3H8O3.CH3NO2.CH2O3/c4-1-3(6)2-5;2*2-1(3)4/h3-6H,1-2H2;2H2,(H,3,4);(H2,2,3,4). The fraction of sp³-hybridized carbons (Fsp3) is 0.600. The first kappa shape index (κ1) is 18.3. The summed E-state index contributed by atoms with van der Waals surface area (Å²) in [6.45, 7) is -0.729. The lowest BCUT2D eigenvalue weighted by molar-refractivity contribution is 0.0450. The van der Waals surface area contributed by atoms with Crippen molar-refractivity contribution < 1.29 is 40.2 Å². The number of hydrogen-bond acceptors (Lipinski definition) is 5. The molecule has 0 radical (unpaired) electrons. The summed E-state index contributed by atoms with van der Waals surface area (Å²) in [6.07, 6.45) is -4.12. The zero-order chi connectivity index (χ0) is 12.1. The van der Waals surface area contributed by atoms with E-state index in [1.807, 2.05) is 0 Å². The van der Waals surface area contributed by atoms with Crippen molar-refractivity contribution in [1.82, 2.24) is 0 Å². The van der Waals surface area contributed by atoms with Gasteiger partial charge in [0.15, 0.2) is 0 Å². The van der Waals surface area contributed by atoms with Gasteiger partial charge >= 0.3 is 12.2 Å². The molecule has 0 aromatic carbocycles. The van der Waals surface area contributed by atoms with Crippen LogP contribution in [0.5, 0.6) is 0 Å². The molecular formula is C5H13NO8. The molecule has 86 valence electrons. The van der Waals surface area contributed by atoms with Gasteiger partial charge in [-0.2, -0.15) is 0 Å². The maximum Gasteiger partial charge on any atom is 0.503 e. The van der Waals surface area contributed by atoms with E-state index in [2.05, 4.69) is 5.73 Å². The normalized spacial score (nSPS) is 7.71. The molecule has 0 aromatic heterocycles. The van der Waals surface area contributed by atoms with Crippen LogP contribution in [0.2, 0.25) is 0 Å². The molecule has 0 aromatic rings. The van der Waals surface area contributed by atoms with E-state index < -0.39 is 18.4 Å². The van der Waals surface area contributed by atoms with E-state index in [0.717, 1.165) is 0 Å².